The van der Waals surface area contributed by atoms with Crippen molar-refractivity contribution in [1.29, 1.82) is 0 Å². The lowest BCUT2D eigenvalue weighted by Gasteiger charge is -2.27. The number of hydrogen-bond acceptors (Lipinski definition) is 5. The summed E-state index contributed by atoms with van der Waals surface area (Å²) in [5.41, 5.74) is -0.331. The molecule has 0 bridgehead atoms. The third kappa shape index (κ3) is 4.96. The van der Waals surface area contributed by atoms with E-state index in [1.165, 1.54) is 25.4 Å². The molecule has 4 rings (SSSR count). The van der Waals surface area contributed by atoms with Gasteiger partial charge in [0, 0.05) is 42.7 Å². The van der Waals surface area contributed by atoms with Crippen molar-refractivity contribution >= 4 is 11.6 Å². The average Bonchev–Trinajstić information content (AvgIpc) is 3.52. The molecule has 1 aromatic heterocycles. The maximum Gasteiger partial charge on any atom is 0.228 e. The number of allylic oxidation sites excluding steroid dienone is 4. The molecule has 0 radical (unpaired) electrons. The van der Waals surface area contributed by atoms with Crippen molar-refractivity contribution in [3.8, 4) is 5.75 Å². The second-order valence-electron chi connectivity index (χ2n) is 8.51. The molecule has 34 heavy (non-hydrogen) atoms. The molecule has 0 saturated heterocycles. The third-order valence-electron chi connectivity index (χ3n) is 6.16. The van der Waals surface area contributed by atoms with E-state index in [0.717, 1.165) is 18.2 Å². The van der Waals surface area contributed by atoms with Gasteiger partial charge in [0.15, 0.2) is 17.4 Å². The van der Waals surface area contributed by atoms with Crippen molar-refractivity contribution in [3.05, 3.63) is 71.4 Å². The number of carbonyl (C=O) groups excluding carboxylic acids is 1. The Kier molecular flexibility index (Phi) is 6.70. The summed E-state index contributed by atoms with van der Waals surface area (Å²) < 4.78 is 66.0. The second kappa shape index (κ2) is 9.54. The Bertz CT molecular complexity index is 1170. The van der Waals surface area contributed by atoms with Gasteiger partial charge in [0.25, 0.3) is 0 Å². The third-order valence-corrected chi connectivity index (χ3v) is 6.16. The quantitative estimate of drug-likeness (QED) is 0.544. The van der Waals surface area contributed by atoms with Gasteiger partial charge in [-0.25, -0.2) is 27.5 Å². The lowest BCUT2D eigenvalue weighted by molar-refractivity contribution is -0.118. The summed E-state index contributed by atoms with van der Waals surface area (Å²) in [6.45, 7) is 1.85. The zero-order valence-electron chi connectivity index (χ0n) is 18.6. The summed E-state index contributed by atoms with van der Waals surface area (Å²) in [6, 6.07) is 3.01. The maximum absolute atomic E-state index is 14.1. The van der Waals surface area contributed by atoms with Crippen LogP contribution >= 0.6 is 0 Å². The molecule has 1 amide bonds. The van der Waals surface area contributed by atoms with E-state index in [0.29, 0.717) is 17.3 Å². The number of hydrogen-bond donors (Lipinski definition) is 1. The topological polar surface area (TPSA) is 73.3 Å². The molecule has 2 aromatic rings. The summed E-state index contributed by atoms with van der Waals surface area (Å²) in [7, 11) is 1.51. The molecule has 1 aromatic carbocycles. The molecule has 2 aliphatic carbocycles. The predicted octanol–water partition coefficient (Wildman–Crippen LogP) is 4.96. The summed E-state index contributed by atoms with van der Waals surface area (Å²) in [6.07, 6.45) is 3.80. The van der Waals surface area contributed by atoms with E-state index in [2.05, 4.69) is 15.3 Å². The number of aryl methyl sites for hydroxylation is 1. The molecule has 3 atom stereocenters. The van der Waals surface area contributed by atoms with Crippen LogP contribution in [0, 0.1) is 35.8 Å². The number of amides is 1. The highest BCUT2D eigenvalue weighted by atomic mass is 19.2. The first-order valence-corrected chi connectivity index (χ1v) is 10.7. The first-order chi connectivity index (χ1) is 16.2. The maximum atomic E-state index is 14.1. The van der Waals surface area contributed by atoms with Gasteiger partial charge in [0.05, 0.1) is 19.4 Å². The van der Waals surface area contributed by atoms with E-state index in [-0.39, 0.29) is 31.7 Å². The summed E-state index contributed by atoms with van der Waals surface area (Å²) in [5, 5.41) is 2.56. The Hall–Kier alpha value is -3.27. The van der Waals surface area contributed by atoms with Gasteiger partial charge in [-0.2, -0.15) is 0 Å². The Morgan fingerprint density at radius 1 is 1.24 bits per heavy atom. The molecule has 180 valence electrons. The number of carbonyl (C=O) groups is 1. The van der Waals surface area contributed by atoms with Crippen LogP contribution in [0.15, 0.2) is 48.2 Å². The van der Waals surface area contributed by atoms with E-state index in [4.69, 9.17) is 9.47 Å². The van der Waals surface area contributed by atoms with Crippen LogP contribution in [0.3, 0.4) is 0 Å². The fourth-order valence-corrected chi connectivity index (χ4v) is 4.32. The fraction of sp³-hybridized carbons (Fsp3) is 0.375. The van der Waals surface area contributed by atoms with E-state index in [9.17, 15) is 22.4 Å². The van der Waals surface area contributed by atoms with Crippen molar-refractivity contribution in [1.82, 2.24) is 9.97 Å². The minimum absolute atomic E-state index is 0.0340. The number of methoxy groups -OCH3 is 1. The van der Waals surface area contributed by atoms with Crippen LogP contribution < -0.4 is 10.1 Å². The van der Waals surface area contributed by atoms with Crippen molar-refractivity contribution < 1.29 is 31.8 Å². The Morgan fingerprint density at radius 3 is 2.74 bits per heavy atom. The standard InChI is InChI=1S/C24H23F4N3O3/c1-13-29-10-22(21(30-13)11-33-2)34-12-24(14-5-15(25)7-16(26)6-14)9-18(24)23(32)31-17-3-4-19(27)20(28)8-17/h3-5,7-8,10,14,18H,6,9,11-12H2,1-2H3,(H,31,32)/t14?,18-,24+/m0/s1. The minimum Gasteiger partial charge on any atom is -0.489 e. The Balaban J connectivity index is 1.56. The van der Waals surface area contributed by atoms with Crippen molar-refractivity contribution in [3.63, 3.8) is 0 Å². The zero-order chi connectivity index (χ0) is 24.5. The number of aromatic nitrogens is 2. The molecule has 2 aliphatic rings. The van der Waals surface area contributed by atoms with Crippen LogP contribution in [0.5, 0.6) is 5.75 Å². The Morgan fingerprint density at radius 2 is 2.03 bits per heavy atom. The number of ether oxygens (including phenoxy) is 2. The molecule has 0 spiro atoms. The predicted molar refractivity (Wildman–Crippen MR) is 115 cm³/mol. The molecule has 1 heterocycles. The van der Waals surface area contributed by atoms with Crippen molar-refractivity contribution in [2.75, 3.05) is 19.0 Å². The summed E-state index contributed by atoms with van der Waals surface area (Å²) >= 11 is 0. The molecule has 1 fully saturated rings. The smallest absolute Gasteiger partial charge is 0.228 e. The van der Waals surface area contributed by atoms with E-state index in [1.807, 2.05) is 0 Å². The van der Waals surface area contributed by atoms with Gasteiger partial charge in [0.2, 0.25) is 5.91 Å². The molecule has 1 unspecified atom stereocenters. The average molecular weight is 477 g/mol. The van der Waals surface area contributed by atoms with Gasteiger partial charge in [0.1, 0.15) is 23.2 Å². The van der Waals surface area contributed by atoms with Crippen molar-refractivity contribution in [2.24, 2.45) is 17.3 Å². The van der Waals surface area contributed by atoms with Gasteiger partial charge < -0.3 is 14.8 Å². The first-order valence-electron chi connectivity index (χ1n) is 10.7. The summed E-state index contributed by atoms with van der Waals surface area (Å²) in [5.74, 6) is -4.41. The largest absolute Gasteiger partial charge is 0.489 e. The van der Waals surface area contributed by atoms with Crippen LogP contribution in [-0.2, 0) is 16.1 Å². The number of rotatable bonds is 8. The first kappa shape index (κ1) is 23.9. The van der Waals surface area contributed by atoms with E-state index in [1.54, 1.807) is 6.92 Å². The number of nitrogens with zero attached hydrogens (tertiary/aromatic N) is 2. The SMILES string of the molecule is COCc1nc(C)ncc1OC[C@@]1(C2C=C(F)C=C(F)C2)C[C@H]1C(=O)Nc1ccc(F)c(F)c1. The van der Waals surface area contributed by atoms with Gasteiger partial charge in [-0.05, 0) is 37.5 Å². The molecule has 6 nitrogen and oxygen atoms in total. The Labute approximate surface area is 193 Å². The van der Waals surface area contributed by atoms with Gasteiger partial charge in [-0.15, -0.1) is 0 Å². The second-order valence-corrected chi connectivity index (χ2v) is 8.51. The van der Waals surface area contributed by atoms with E-state index < -0.39 is 46.4 Å². The van der Waals surface area contributed by atoms with Gasteiger partial charge in [-0.3, -0.25) is 4.79 Å². The molecule has 1 saturated carbocycles. The monoisotopic (exact) mass is 477 g/mol. The molecule has 0 aliphatic heterocycles. The van der Waals surface area contributed by atoms with Gasteiger partial charge >= 0.3 is 0 Å². The van der Waals surface area contributed by atoms with Gasteiger partial charge in [-0.1, -0.05) is 0 Å². The molecule has 10 heteroatoms. The van der Waals surface area contributed by atoms with Crippen LogP contribution in [0.4, 0.5) is 23.2 Å². The lowest BCUT2D eigenvalue weighted by Crippen LogP contribution is -2.30. The number of nitrogens with one attached hydrogen (secondary N) is 1. The van der Waals surface area contributed by atoms with Crippen LogP contribution in [0.1, 0.15) is 24.4 Å². The van der Waals surface area contributed by atoms with Crippen LogP contribution in [0.2, 0.25) is 0 Å². The number of halogens is 4. The normalized spacial score (nSPS) is 23.7. The summed E-state index contributed by atoms with van der Waals surface area (Å²) in [4.78, 5) is 21.4. The molecular weight excluding hydrogens is 454 g/mol. The van der Waals surface area contributed by atoms with Crippen LogP contribution in [-0.4, -0.2) is 29.6 Å². The molecule has 1 N–H and O–H groups in total. The number of anilines is 1. The zero-order valence-corrected chi connectivity index (χ0v) is 18.6. The molecular formula is C24H23F4N3O3. The lowest BCUT2D eigenvalue weighted by atomic mass is 9.82. The fourth-order valence-electron chi connectivity index (χ4n) is 4.32. The highest BCUT2D eigenvalue weighted by Gasteiger charge is 2.63. The number of benzene rings is 1. The highest BCUT2D eigenvalue weighted by molar-refractivity contribution is 5.95. The van der Waals surface area contributed by atoms with E-state index >= 15 is 0 Å². The van der Waals surface area contributed by atoms with Crippen LogP contribution in [0.25, 0.3) is 0 Å². The minimum atomic E-state index is -1.10. The highest BCUT2D eigenvalue weighted by Crippen LogP contribution is 2.61. The van der Waals surface area contributed by atoms with Crippen molar-refractivity contribution in [2.45, 2.75) is 26.4 Å².